The van der Waals surface area contributed by atoms with E-state index in [0.29, 0.717) is 18.9 Å². The Hall–Kier alpha value is -1.93. The van der Waals surface area contributed by atoms with Crippen LogP contribution in [0.2, 0.25) is 0 Å². The zero-order valence-corrected chi connectivity index (χ0v) is 16.3. The summed E-state index contributed by atoms with van der Waals surface area (Å²) in [5, 5.41) is 0. The second kappa shape index (κ2) is 9.32. The third-order valence-corrected chi connectivity index (χ3v) is 6.11. The van der Waals surface area contributed by atoms with Gasteiger partial charge < -0.3 is 9.47 Å². The molecule has 1 fully saturated rings. The van der Waals surface area contributed by atoms with Gasteiger partial charge in [-0.2, -0.15) is 0 Å². The molecule has 1 N–H and O–H groups in total. The van der Waals surface area contributed by atoms with Gasteiger partial charge in [0.05, 0.1) is 24.7 Å². The SMILES string of the molecule is COc1ccc(S(=O)(=O)NCCCN2CCOC(c3ccccc3)C2)cc1. The summed E-state index contributed by atoms with van der Waals surface area (Å²) in [4.78, 5) is 2.57. The van der Waals surface area contributed by atoms with Gasteiger partial charge in [0.15, 0.2) is 0 Å². The summed E-state index contributed by atoms with van der Waals surface area (Å²) in [6.07, 6.45) is 0.826. The summed E-state index contributed by atoms with van der Waals surface area (Å²) in [7, 11) is -1.94. The first-order valence-electron chi connectivity index (χ1n) is 9.11. The van der Waals surface area contributed by atoms with Crippen LogP contribution in [-0.2, 0) is 14.8 Å². The van der Waals surface area contributed by atoms with Crippen LogP contribution in [0.1, 0.15) is 18.1 Å². The van der Waals surface area contributed by atoms with Crippen molar-refractivity contribution in [1.29, 1.82) is 0 Å². The number of benzene rings is 2. The van der Waals surface area contributed by atoms with Gasteiger partial charge >= 0.3 is 0 Å². The molecule has 1 aliphatic rings. The van der Waals surface area contributed by atoms with Gasteiger partial charge in [0.1, 0.15) is 5.75 Å². The lowest BCUT2D eigenvalue weighted by Crippen LogP contribution is -2.39. The lowest BCUT2D eigenvalue weighted by Gasteiger charge is -2.33. The fourth-order valence-corrected chi connectivity index (χ4v) is 4.20. The highest BCUT2D eigenvalue weighted by molar-refractivity contribution is 7.89. The lowest BCUT2D eigenvalue weighted by atomic mass is 10.1. The van der Waals surface area contributed by atoms with Crippen molar-refractivity contribution in [1.82, 2.24) is 9.62 Å². The molecule has 0 spiro atoms. The van der Waals surface area contributed by atoms with Crippen molar-refractivity contribution in [2.24, 2.45) is 0 Å². The van der Waals surface area contributed by atoms with Gasteiger partial charge in [0, 0.05) is 19.6 Å². The van der Waals surface area contributed by atoms with Crippen molar-refractivity contribution >= 4 is 10.0 Å². The second-order valence-electron chi connectivity index (χ2n) is 6.50. The van der Waals surface area contributed by atoms with Gasteiger partial charge in [-0.3, -0.25) is 4.90 Å². The predicted molar refractivity (Wildman–Crippen MR) is 104 cm³/mol. The molecule has 7 heteroatoms. The van der Waals surface area contributed by atoms with E-state index >= 15 is 0 Å². The number of nitrogens with zero attached hydrogens (tertiary/aromatic N) is 1. The van der Waals surface area contributed by atoms with Gasteiger partial charge in [0.2, 0.25) is 10.0 Å². The molecule has 0 bridgehead atoms. The Balaban J connectivity index is 1.45. The van der Waals surface area contributed by atoms with Gasteiger partial charge in [-0.15, -0.1) is 0 Å². The van der Waals surface area contributed by atoms with Gasteiger partial charge in [0.25, 0.3) is 0 Å². The van der Waals surface area contributed by atoms with Crippen molar-refractivity contribution in [3.63, 3.8) is 0 Å². The van der Waals surface area contributed by atoms with Gasteiger partial charge in [-0.05, 0) is 42.8 Å². The molecule has 1 aliphatic heterocycles. The van der Waals surface area contributed by atoms with E-state index in [9.17, 15) is 8.42 Å². The lowest BCUT2D eigenvalue weighted by molar-refractivity contribution is -0.0300. The monoisotopic (exact) mass is 390 g/mol. The fraction of sp³-hybridized carbons (Fsp3) is 0.400. The molecule has 146 valence electrons. The first kappa shape index (κ1) is 19.8. The standard InChI is InChI=1S/C20H26N2O4S/c1-25-18-8-10-19(11-9-18)27(23,24)21-12-5-13-22-14-15-26-20(16-22)17-6-3-2-4-7-17/h2-4,6-11,20-21H,5,12-16H2,1H3. The highest BCUT2D eigenvalue weighted by Crippen LogP contribution is 2.22. The minimum atomic E-state index is -3.49. The number of hydrogen-bond acceptors (Lipinski definition) is 5. The van der Waals surface area contributed by atoms with Crippen LogP contribution in [0, 0.1) is 0 Å². The summed E-state index contributed by atoms with van der Waals surface area (Å²) in [6.45, 7) is 3.63. The summed E-state index contributed by atoms with van der Waals surface area (Å²) in [6, 6.07) is 16.6. The molecule has 1 saturated heterocycles. The molecular weight excluding hydrogens is 364 g/mol. The molecule has 2 aromatic rings. The van der Waals surface area contributed by atoms with Crippen LogP contribution in [-0.4, -0.2) is 53.2 Å². The molecule has 0 saturated carbocycles. The highest BCUT2D eigenvalue weighted by atomic mass is 32.2. The highest BCUT2D eigenvalue weighted by Gasteiger charge is 2.21. The Labute approximate surface area is 161 Å². The van der Waals surface area contributed by atoms with E-state index < -0.39 is 10.0 Å². The van der Waals surface area contributed by atoms with Crippen LogP contribution in [0.4, 0.5) is 0 Å². The minimum absolute atomic E-state index is 0.0796. The number of hydrogen-bond donors (Lipinski definition) is 1. The molecule has 1 heterocycles. The molecule has 1 atom stereocenters. The summed E-state index contributed by atoms with van der Waals surface area (Å²) < 4.78 is 38.3. The average Bonchev–Trinajstić information content (AvgIpc) is 2.72. The van der Waals surface area contributed by atoms with E-state index in [1.807, 2.05) is 18.2 Å². The van der Waals surface area contributed by atoms with Crippen molar-refractivity contribution in [2.75, 3.05) is 39.9 Å². The van der Waals surface area contributed by atoms with Crippen molar-refractivity contribution in [3.05, 3.63) is 60.2 Å². The smallest absolute Gasteiger partial charge is 0.240 e. The molecule has 0 aliphatic carbocycles. The van der Waals surface area contributed by atoms with E-state index in [1.165, 1.54) is 5.56 Å². The Kier molecular flexibility index (Phi) is 6.84. The molecule has 6 nitrogen and oxygen atoms in total. The van der Waals surface area contributed by atoms with Gasteiger partial charge in [-0.25, -0.2) is 13.1 Å². The maximum absolute atomic E-state index is 12.3. The van der Waals surface area contributed by atoms with E-state index in [4.69, 9.17) is 9.47 Å². The Bertz CT molecular complexity index is 810. The summed E-state index contributed by atoms with van der Waals surface area (Å²) in [5.74, 6) is 0.634. The largest absolute Gasteiger partial charge is 0.497 e. The number of morpholine rings is 1. The zero-order valence-electron chi connectivity index (χ0n) is 15.5. The Morgan fingerprint density at radius 1 is 1.15 bits per heavy atom. The molecule has 0 radical (unpaired) electrons. The van der Waals surface area contributed by atoms with E-state index in [-0.39, 0.29) is 11.0 Å². The molecule has 27 heavy (non-hydrogen) atoms. The maximum atomic E-state index is 12.3. The van der Waals surface area contributed by atoms with Crippen LogP contribution < -0.4 is 9.46 Å². The van der Waals surface area contributed by atoms with Gasteiger partial charge in [-0.1, -0.05) is 30.3 Å². The molecular formula is C20H26N2O4S. The van der Waals surface area contributed by atoms with E-state index in [2.05, 4.69) is 21.8 Å². The van der Waals surface area contributed by atoms with Crippen molar-refractivity contribution < 1.29 is 17.9 Å². The normalized spacial score (nSPS) is 18.3. The first-order chi connectivity index (χ1) is 13.1. The van der Waals surface area contributed by atoms with E-state index in [0.717, 1.165) is 26.1 Å². The first-order valence-corrected chi connectivity index (χ1v) is 10.6. The fourth-order valence-electron chi connectivity index (χ4n) is 3.12. The Morgan fingerprint density at radius 3 is 2.59 bits per heavy atom. The maximum Gasteiger partial charge on any atom is 0.240 e. The molecule has 0 aromatic heterocycles. The molecule has 0 amide bonds. The van der Waals surface area contributed by atoms with Crippen molar-refractivity contribution in [3.8, 4) is 5.75 Å². The number of rotatable bonds is 8. The summed E-state index contributed by atoms with van der Waals surface area (Å²) in [5.41, 5.74) is 1.18. The third kappa shape index (κ3) is 5.52. The topological polar surface area (TPSA) is 67.9 Å². The van der Waals surface area contributed by atoms with Crippen LogP contribution in [0.15, 0.2) is 59.5 Å². The third-order valence-electron chi connectivity index (χ3n) is 4.63. The number of methoxy groups -OCH3 is 1. The summed E-state index contributed by atoms with van der Waals surface area (Å²) >= 11 is 0. The van der Waals surface area contributed by atoms with Crippen LogP contribution in [0.3, 0.4) is 0 Å². The van der Waals surface area contributed by atoms with Crippen LogP contribution in [0.25, 0.3) is 0 Å². The average molecular weight is 391 g/mol. The minimum Gasteiger partial charge on any atom is -0.497 e. The quantitative estimate of drug-likeness (QED) is 0.701. The van der Waals surface area contributed by atoms with Crippen molar-refractivity contribution in [2.45, 2.75) is 17.4 Å². The number of nitrogens with one attached hydrogen (secondary N) is 1. The Morgan fingerprint density at radius 2 is 1.89 bits per heavy atom. The number of sulfonamides is 1. The number of ether oxygens (including phenoxy) is 2. The van der Waals surface area contributed by atoms with Crippen LogP contribution in [0.5, 0.6) is 5.75 Å². The molecule has 1 unspecified atom stereocenters. The zero-order chi connectivity index (χ0) is 19.1. The molecule has 3 rings (SSSR count). The van der Waals surface area contributed by atoms with E-state index in [1.54, 1.807) is 31.4 Å². The second-order valence-corrected chi connectivity index (χ2v) is 8.26. The van der Waals surface area contributed by atoms with Crippen LogP contribution >= 0.6 is 0 Å². The molecule has 2 aromatic carbocycles. The predicted octanol–water partition coefficient (Wildman–Crippen LogP) is 2.44.